The molecule has 0 aliphatic carbocycles. The smallest absolute Gasteiger partial charge is 0.255 e. The minimum atomic E-state index is -0.546. The first kappa shape index (κ1) is 16.0. The third kappa shape index (κ3) is 5.71. The van der Waals surface area contributed by atoms with Crippen LogP contribution in [0.25, 0.3) is 0 Å². The summed E-state index contributed by atoms with van der Waals surface area (Å²) in [6, 6.07) is 6.83. The molecule has 1 unspecified atom stereocenters. The summed E-state index contributed by atoms with van der Waals surface area (Å²) in [7, 11) is 0. The number of benzene rings is 1. The first-order valence-corrected chi connectivity index (χ1v) is 6.55. The zero-order valence-corrected chi connectivity index (χ0v) is 11.6. The predicted molar refractivity (Wildman–Crippen MR) is 77.2 cm³/mol. The van der Waals surface area contributed by atoms with Gasteiger partial charge in [0, 0.05) is 17.7 Å². The van der Waals surface area contributed by atoms with Crippen LogP contribution in [0.4, 0.5) is 5.69 Å². The van der Waals surface area contributed by atoms with Gasteiger partial charge < -0.3 is 21.5 Å². The number of hydrogen-bond donors (Lipinski definition) is 3. The van der Waals surface area contributed by atoms with Gasteiger partial charge in [-0.15, -0.1) is 0 Å². The Morgan fingerprint density at radius 3 is 2.80 bits per heavy atom. The summed E-state index contributed by atoms with van der Waals surface area (Å²) in [6.07, 6.45) is 1.57. The van der Waals surface area contributed by atoms with Crippen molar-refractivity contribution in [3.63, 3.8) is 0 Å². The van der Waals surface area contributed by atoms with Crippen molar-refractivity contribution >= 4 is 17.5 Å². The number of anilines is 1. The first-order valence-electron chi connectivity index (χ1n) is 6.55. The van der Waals surface area contributed by atoms with Gasteiger partial charge in [-0.1, -0.05) is 13.0 Å². The Labute approximate surface area is 118 Å². The van der Waals surface area contributed by atoms with Gasteiger partial charge in [0.1, 0.15) is 5.75 Å². The van der Waals surface area contributed by atoms with Gasteiger partial charge in [-0.25, -0.2) is 0 Å². The minimum absolute atomic E-state index is 0.0644. The van der Waals surface area contributed by atoms with Crippen molar-refractivity contribution < 1.29 is 14.3 Å². The quantitative estimate of drug-likeness (QED) is 0.656. The SMILES string of the molecule is CC(CCCN)C(=O)Nc1cccc(OCC(N)=O)c1. The van der Waals surface area contributed by atoms with Gasteiger partial charge in [0.05, 0.1) is 0 Å². The van der Waals surface area contributed by atoms with Crippen molar-refractivity contribution in [3.8, 4) is 5.75 Å². The number of nitrogens with two attached hydrogens (primary N) is 2. The van der Waals surface area contributed by atoms with Crippen LogP contribution in [0.1, 0.15) is 19.8 Å². The molecule has 0 saturated carbocycles. The van der Waals surface area contributed by atoms with E-state index in [9.17, 15) is 9.59 Å². The number of amides is 2. The molecule has 20 heavy (non-hydrogen) atoms. The molecular weight excluding hydrogens is 258 g/mol. The lowest BCUT2D eigenvalue weighted by molar-refractivity contribution is -0.120. The number of hydrogen-bond acceptors (Lipinski definition) is 4. The van der Waals surface area contributed by atoms with E-state index in [1.165, 1.54) is 0 Å². The average Bonchev–Trinajstić information content (AvgIpc) is 2.42. The molecule has 0 fully saturated rings. The summed E-state index contributed by atoms with van der Waals surface area (Å²) < 4.78 is 5.17. The summed E-state index contributed by atoms with van der Waals surface area (Å²) in [4.78, 5) is 22.6. The molecule has 0 aliphatic rings. The molecule has 1 aromatic carbocycles. The van der Waals surface area contributed by atoms with Gasteiger partial charge in [-0.3, -0.25) is 9.59 Å². The highest BCUT2D eigenvalue weighted by Gasteiger charge is 2.12. The summed E-state index contributed by atoms with van der Waals surface area (Å²) in [5, 5.41) is 2.80. The van der Waals surface area contributed by atoms with E-state index in [0.717, 1.165) is 12.8 Å². The monoisotopic (exact) mass is 279 g/mol. The van der Waals surface area contributed by atoms with Crippen LogP contribution in [0.2, 0.25) is 0 Å². The molecule has 6 heteroatoms. The average molecular weight is 279 g/mol. The molecule has 1 rings (SSSR count). The Kier molecular flexibility index (Phi) is 6.52. The Hall–Kier alpha value is -2.08. The van der Waals surface area contributed by atoms with Gasteiger partial charge in [0.15, 0.2) is 6.61 Å². The number of ether oxygens (including phenoxy) is 1. The zero-order valence-electron chi connectivity index (χ0n) is 11.6. The molecule has 110 valence electrons. The molecule has 1 atom stereocenters. The molecule has 0 spiro atoms. The van der Waals surface area contributed by atoms with Crippen molar-refractivity contribution in [2.75, 3.05) is 18.5 Å². The molecule has 5 N–H and O–H groups in total. The van der Waals surface area contributed by atoms with Gasteiger partial charge in [0.25, 0.3) is 5.91 Å². The summed E-state index contributed by atoms with van der Waals surface area (Å²) in [5.41, 5.74) is 11.0. The highest BCUT2D eigenvalue weighted by atomic mass is 16.5. The maximum atomic E-state index is 11.9. The minimum Gasteiger partial charge on any atom is -0.484 e. The molecule has 0 radical (unpaired) electrons. The van der Waals surface area contributed by atoms with Crippen LogP contribution in [-0.2, 0) is 9.59 Å². The normalized spacial score (nSPS) is 11.7. The number of carbonyl (C=O) groups excluding carboxylic acids is 2. The molecular formula is C14H21N3O3. The Morgan fingerprint density at radius 1 is 1.40 bits per heavy atom. The number of carbonyl (C=O) groups is 2. The fourth-order valence-corrected chi connectivity index (χ4v) is 1.64. The lowest BCUT2D eigenvalue weighted by atomic mass is 10.0. The highest BCUT2D eigenvalue weighted by Crippen LogP contribution is 2.18. The lowest BCUT2D eigenvalue weighted by Crippen LogP contribution is -2.21. The van der Waals surface area contributed by atoms with Crippen LogP contribution < -0.4 is 21.5 Å². The largest absolute Gasteiger partial charge is 0.484 e. The summed E-state index contributed by atoms with van der Waals surface area (Å²) >= 11 is 0. The van der Waals surface area contributed by atoms with E-state index in [0.29, 0.717) is 18.0 Å². The van der Waals surface area contributed by atoms with Crippen LogP contribution in [-0.4, -0.2) is 25.0 Å². The topological polar surface area (TPSA) is 107 Å². The van der Waals surface area contributed by atoms with Gasteiger partial charge in [0.2, 0.25) is 5.91 Å². The van der Waals surface area contributed by atoms with Crippen molar-refractivity contribution in [1.82, 2.24) is 0 Å². The number of primary amides is 1. The lowest BCUT2D eigenvalue weighted by Gasteiger charge is -2.12. The Bertz CT molecular complexity index is 463. The first-order chi connectivity index (χ1) is 9.52. The van der Waals surface area contributed by atoms with E-state index in [1.54, 1.807) is 24.3 Å². The van der Waals surface area contributed by atoms with E-state index in [2.05, 4.69) is 5.32 Å². The standard InChI is InChI=1S/C14H21N3O3/c1-10(4-3-7-15)14(19)17-11-5-2-6-12(8-11)20-9-13(16)18/h2,5-6,8,10H,3-4,7,9,15H2,1H3,(H2,16,18)(H,17,19). The molecule has 0 saturated heterocycles. The Balaban J connectivity index is 2.56. The fourth-order valence-electron chi connectivity index (χ4n) is 1.64. The predicted octanol–water partition coefficient (Wildman–Crippen LogP) is 0.864. The van der Waals surface area contributed by atoms with Gasteiger partial charge in [-0.05, 0) is 31.5 Å². The second kappa shape index (κ2) is 8.16. The molecule has 0 aliphatic heterocycles. The van der Waals surface area contributed by atoms with Crippen molar-refractivity contribution in [2.45, 2.75) is 19.8 Å². The van der Waals surface area contributed by atoms with Crippen molar-refractivity contribution in [1.29, 1.82) is 0 Å². The zero-order chi connectivity index (χ0) is 15.0. The fraction of sp³-hybridized carbons (Fsp3) is 0.429. The third-order valence-electron chi connectivity index (χ3n) is 2.77. The molecule has 2 amide bonds. The molecule has 0 bridgehead atoms. The molecule has 1 aromatic rings. The van der Waals surface area contributed by atoms with Crippen molar-refractivity contribution in [2.24, 2.45) is 17.4 Å². The van der Waals surface area contributed by atoms with E-state index < -0.39 is 5.91 Å². The van der Waals surface area contributed by atoms with Crippen LogP contribution in [0.3, 0.4) is 0 Å². The van der Waals surface area contributed by atoms with Crippen LogP contribution >= 0.6 is 0 Å². The summed E-state index contributed by atoms with van der Waals surface area (Å²) in [5.74, 6) is -0.231. The number of nitrogens with one attached hydrogen (secondary N) is 1. The van der Waals surface area contributed by atoms with E-state index in [-0.39, 0.29) is 18.4 Å². The molecule has 6 nitrogen and oxygen atoms in total. The molecule has 0 heterocycles. The van der Waals surface area contributed by atoms with Crippen LogP contribution in [0.15, 0.2) is 24.3 Å². The van der Waals surface area contributed by atoms with E-state index in [4.69, 9.17) is 16.2 Å². The van der Waals surface area contributed by atoms with Crippen LogP contribution in [0.5, 0.6) is 5.75 Å². The summed E-state index contributed by atoms with van der Waals surface area (Å²) in [6.45, 7) is 2.25. The molecule has 0 aromatic heterocycles. The van der Waals surface area contributed by atoms with E-state index in [1.807, 2.05) is 6.92 Å². The third-order valence-corrected chi connectivity index (χ3v) is 2.77. The number of rotatable bonds is 8. The Morgan fingerprint density at radius 2 is 2.15 bits per heavy atom. The maximum absolute atomic E-state index is 11.9. The second-order valence-corrected chi connectivity index (χ2v) is 4.60. The van der Waals surface area contributed by atoms with Crippen LogP contribution in [0, 0.1) is 5.92 Å². The van der Waals surface area contributed by atoms with Crippen molar-refractivity contribution in [3.05, 3.63) is 24.3 Å². The van der Waals surface area contributed by atoms with Gasteiger partial charge >= 0.3 is 0 Å². The maximum Gasteiger partial charge on any atom is 0.255 e. The van der Waals surface area contributed by atoms with Gasteiger partial charge in [-0.2, -0.15) is 0 Å². The van der Waals surface area contributed by atoms with E-state index >= 15 is 0 Å². The highest BCUT2D eigenvalue weighted by molar-refractivity contribution is 5.92. The second-order valence-electron chi connectivity index (χ2n) is 4.60.